The van der Waals surface area contributed by atoms with E-state index in [9.17, 15) is 27.2 Å². The molecule has 0 bridgehead atoms. The number of ether oxygens (including phenoxy) is 1. The molecule has 0 saturated heterocycles. The molecule has 3 heterocycles. The summed E-state index contributed by atoms with van der Waals surface area (Å²) in [6.07, 6.45) is -4.40. The Labute approximate surface area is 187 Å². The molecule has 0 unspecified atom stereocenters. The lowest BCUT2D eigenvalue weighted by Crippen LogP contribution is -2.26. The SMILES string of the molecule is NC=C(F)c1nc(C(=O)NCc2ccc3c(c2)NC(=O)CO3)cc(-c2nnc(C(F)(F)F)o2)n1. The fraction of sp³-hybridized carbons (Fsp3) is 0.158. The number of fused-ring (bicyclic) bond motifs is 1. The predicted molar refractivity (Wildman–Crippen MR) is 105 cm³/mol. The minimum Gasteiger partial charge on any atom is -0.482 e. The largest absolute Gasteiger partial charge is 0.482 e. The minimum atomic E-state index is -4.91. The molecule has 0 fully saturated rings. The van der Waals surface area contributed by atoms with Gasteiger partial charge in [0.2, 0.25) is 0 Å². The first-order valence-corrected chi connectivity index (χ1v) is 9.35. The second kappa shape index (κ2) is 8.76. The molecular formula is C19H13F4N7O4. The number of amides is 2. The molecule has 0 atom stereocenters. The van der Waals surface area contributed by atoms with Gasteiger partial charge in [0.15, 0.2) is 18.3 Å². The van der Waals surface area contributed by atoms with Crippen molar-refractivity contribution in [3.8, 4) is 17.3 Å². The Morgan fingerprint density at radius 2 is 2.03 bits per heavy atom. The monoisotopic (exact) mass is 479 g/mol. The maximum atomic E-state index is 14.0. The highest BCUT2D eigenvalue weighted by molar-refractivity contribution is 5.95. The number of alkyl halides is 3. The Balaban J connectivity index is 1.58. The molecule has 176 valence electrons. The van der Waals surface area contributed by atoms with Crippen LogP contribution < -0.4 is 21.1 Å². The third-order valence-electron chi connectivity index (χ3n) is 4.34. The van der Waals surface area contributed by atoms with E-state index in [2.05, 4.69) is 35.2 Å². The van der Waals surface area contributed by atoms with Crippen molar-refractivity contribution in [1.82, 2.24) is 25.5 Å². The van der Waals surface area contributed by atoms with Crippen LogP contribution in [0.1, 0.15) is 27.8 Å². The van der Waals surface area contributed by atoms with Crippen LogP contribution in [0.25, 0.3) is 17.4 Å². The van der Waals surface area contributed by atoms with Gasteiger partial charge >= 0.3 is 12.1 Å². The first kappa shape index (κ1) is 22.6. The Bertz CT molecular complexity index is 1310. The molecule has 2 aromatic heterocycles. The summed E-state index contributed by atoms with van der Waals surface area (Å²) in [5, 5.41) is 11.3. The van der Waals surface area contributed by atoms with E-state index in [1.807, 2.05) is 0 Å². The second-order valence-corrected chi connectivity index (χ2v) is 6.74. The van der Waals surface area contributed by atoms with Gasteiger partial charge in [-0.25, -0.2) is 14.4 Å². The van der Waals surface area contributed by atoms with E-state index >= 15 is 0 Å². The molecule has 1 aliphatic rings. The van der Waals surface area contributed by atoms with Crippen molar-refractivity contribution in [1.29, 1.82) is 0 Å². The van der Waals surface area contributed by atoms with Crippen molar-refractivity contribution < 1.29 is 36.3 Å². The van der Waals surface area contributed by atoms with Crippen LogP contribution >= 0.6 is 0 Å². The van der Waals surface area contributed by atoms with Crippen LogP contribution in [0.15, 0.2) is 34.9 Å². The maximum absolute atomic E-state index is 14.0. The Kier molecular flexibility index (Phi) is 5.83. The zero-order chi connectivity index (χ0) is 24.5. The van der Waals surface area contributed by atoms with Crippen molar-refractivity contribution >= 4 is 23.3 Å². The molecule has 34 heavy (non-hydrogen) atoms. The smallest absolute Gasteiger partial charge is 0.470 e. The molecule has 1 aromatic carbocycles. The number of carbonyl (C=O) groups is 2. The minimum absolute atomic E-state index is 0.0371. The molecular weight excluding hydrogens is 466 g/mol. The third kappa shape index (κ3) is 4.77. The molecule has 4 N–H and O–H groups in total. The Morgan fingerprint density at radius 3 is 2.74 bits per heavy atom. The lowest BCUT2D eigenvalue weighted by atomic mass is 10.1. The van der Waals surface area contributed by atoms with Gasteiger partial charge in [-0.05, 0) is 17.7 Å². The Morgan fingerprint density at radius 1 is 1.24 bits per heavy atom. The van der Waals surface area contributed by atoms with Crippen LogP contribution in [0.4, 0.5) is 23.2 Å². The highest BCUT2D eigenvalue weighted by Gasteiger charge is 2.38. The number of carbonyl (C=O) groups excluding carboxylic acids is 2. The summed E-state index contributed by atoms with van der Waals surface area (Å²) in [7, 11) is 0. The number of hydrogen-bond donors (Lipinski definition) is 3. The van der Waals surface area contributed by atoms with Gasteiger partial charge in [0.25, 0.3) is 17.7 Å². The predicted octanol–water partition coefficient (Wildman–Crippen LogP) is 2.03. The van der Waals surface area contributed by atoms with Gasteiger partial charge in [0, 0.05) is 18.8 Å². The van der Waals surface area contributed by atoms with Gasteiger partial charge in [0.05, 0.1) is 5.69 Å². The van der Waals surface area contributed by atoms with Crippen molar-refractivity contribution in [3.05, 3.63) is 53.4 Å². The standard InChI is InChI=1S/C19H13F4N7O4/c20-9(5-24)15-27-11(4-12(28-15)17-29-30-18(34-17)19(21,22)23)16(32)25-6-8-1-2-13-10(3-8)26-14(31)7-33-13/h1-5H,6-7,24H2,(H,25,32)(H,26,31). The molecule has 15 heteroatoms. The van der Waals surface area contributed by atoms with Crippen LogP contribution in [0.3, 0.4) is 0 Å². The summed E-state index contributed by atoms with van der Waals surface area (Å²) in [5.41, 5.74) is 5.29. The number of anilines is 1. The summed E-state index contributed by atoms with van der Waals surface area (Å²) in [6, 6.07) is 5.78. The van der Waals surface area contributed by atoms with Crippen molar-refractivity contribution in [2.24, 2.45) is 5.73 Å². The number of nitrogens with one attached hydrogen (secondary N) is 2. The first-order valence-electron chi connectivity index (χ1n) is 9.35. The van der Waals surface area contributed by atoms with Gasteiger partial charge in [0.1, 0.15) is 17.1 Å². The van der Waals surface area contributed by atoms with E-state index in [0.717, 1.165) is 6.07 Å². The van der Waals surface area contributed by atoms with Gasteiger partial charge < -0.3 is 25.5 Å². The number of aromatic nitrogens is 4. The normalized spacial score (nSPS) is 13.6. The fourth-order valence-electron chi connectivity index (χ4n) is 2.81. The number of rotatable bonds is 5. The van der Waals surface area contributed by atoms with E-state index in [-0.39, 0.29) is 19.1 Å². The van der Waals surface area contributed by atoms with Gasteiger partial charge in [-0.15, -0.1) is 10.2 Å². The van der Waals surface area contributed by atoms with E-state index in [1.54, 1.807) is 18.2 Å². The number of nitrogens with two attached hydrogens (primary N) is 1. The number of hydrogen-bond acceptors (Lipinski definition) is 9. The van der Waals surface area contributed by atoms with Crippen LogP contribution in [0.5, 0.6) is 5.75 Å². The molecule has 0 spiro atoms. The number of benzene rings is 1. The average molecular weight is 479 g/mol. The molecule has 0 radical (unpaired) electrons. The van der Waals surface area contributed by atoms with E-state index < -0.39 is 46.9 Å². The lowest BCUT2D eigenvalue weighted by molar-refractivity contribution is -0.157. The summed E-state index contributed by atoms with van der Waals surface area (Å²) >= 11 is 0. The molecule has 0 saturated carbocycles. The number of nitrogens with zero attached hydrogens (tertiary/aromatic N) is 4. The summed E-state index contributed by atoms with van der Waals surface area (Å²) in [6.45, 7) is -0.148. The fourth-order valence-corrected chi connectivity index (χ4v) is 2.81. The van der Waals surface area contributed by atoms with E-state index in [1.165, 1.54) is 0 Å². The number of halogens is 4. The summed E-state index contributed by atoms with van der Waals surface area (Å²) < 4.78 is 62.1. The molecule has 11 nitrogen and oxygen atoms in total. The molecule has 3 aromatic rings. The quantitative estimate of drug-likeness (QED) is 0.466. The second-order valence-electron chi connectivity index (χ2n) is 6.74. The third-order valence-corrected chi connectivity index (χ3v) is 4.34. The van der Waals surface area contributed by atoms with E-state index in [0.29, 0.717) is 23.2 Å². The zero-order valence-corrected chi connectivity index (χ0v) is 16.8. The highest BCUT2D eigenvalue weighted by atomic mass is 19.4. The van der Waals surface area contributed by atoms with Crippen molar-refractivity contribution in [3.63, 3.8) is 0 Å². The van der Waals surface area contributed by atoms with Crippen LogP contribution in [0.2, 0.25) is 0 Å². The van der Waals surface area contributed by atoms with Crippen molar-refractivity contribution in [2.75, 3.05) is 11.9 Å². The van der Waals surface area contributed by atoms with Gasteiger partial charge in [-0.3, -0.25) is 9.59 Å². The lowest BCUT2D eigenvalue weighted by Gasteiger charge is -2.18. The van der Waals surface area contributed by atoms with Gasteiger partial charge in [-0.1, -0.05) is 6.07 Å². The van der Waals surface area contributed by atoms with Crippen LogP contribution in [-0.2, 0) is 17.5 Å². The average Bonchev–Trinajstić information content (AvgIpc) is 3.32. The van der Waals surface area contributed by atoms with Gasteiger partial charge in [-0.2, -0.15) is 13.2 Å². The van der Waals surface area contributed by atoms with Crippen molar-refractivity contribution in [2.45, 2.75) is 12.7 Å². The van der Waals surface area contributed by atoms with Crippen LogP contribution in [0, 0.1) is 0 Å². The molecule has 1 aliphatic heterocycles. The topological polar surface area (TPSA) is 158 Å². The molecule has 2 amide bonds. The first-order chi connectivity index (χ1) is 16.1. The summed E-state index contributed by atoms with van der Waals surface area (Å²) in [5.74, 6) is -4.86. The zero-order valence-electron chi connectivity index (χ0n) is 16.8. The van der Waals surface area contributed by atoms with Crippen LogP contribution in [-0.4, -0.2) is 38.6 Å². The molecule has 4 rings (SSSR count). The summed E-state index contributed by atoms with van der Waals surface area (Å²) in [4.78, 5) is 31.6. The molecule has 0 aliphatic carbocycles. The Hall–Kier alpha value is -4.56. The highest BCUT2D eigenvalue weighted by Crippen LogP contribution is 2.31. The van der Waals surface area contributed by atoms with E-state index in [4.69, 9.17) is 10.5 Å². The maximum Gasteiger partial charge on any atom is 0.470 e.